The van der Waals surface area contributed by atoms with Gasteiger partial charge in [-0.1, -0.05) is 33.1 Å². The zero-order chi connectivity index (χ0) is 14.6. The molecule has 0 bridgehead atoms. The first-order valence-electron chi connectivity index (χ1n) is 8.32. The minimum Gasteiger partial charge on any atom is -0.339 e. The van der Waals surface area contributed by atoms with Crippen LogP contribution in [0.4, 0.5) is 0 Å². The average molecular weight is 281 g/mol. The molecule has 1 aliphatic heterocycles. The van der Waals surface area contributed by atoms with E-state index >= 15 is 0 Å². The van der Waals surface area contributed by atoms with Crippen LogP contribution in [0.2, 0.25) is 0 Å². The van der Waals surface area contributed by atoms with E-state index in [0.29, 0.717) is 0 Å². The van der Waals surface area contributed by atoms with Crippen molar-refractivity contribution in [3.05, 3.63) is 0 Å². The van der Waals surface area contributed by atoms with Crippen molar-refractivity contribution in [2.45, 2.75) is 57.9 Å². The third-order valence-corrected chi connectivity index (χ3v) is 4.85. The van der Waals surface area contributed by atoms with E-state index in [1.807, 2.05) is 4.90 Å². The maximum absolute atomic E-state index is 12.6. The van der Waals surface area contributed by atoms with Gasteiger partial charge in [0, 0.05) is 26.2 Å². The van der Waals surface area contributed by atoms with Crippen LogP contribution >= 0.6 is 0 Å². The van der Waals surface area contributed by atoms with Gasteiger partial charge in [-0.2, -0.15) is 0 Å². The minimum absolute atomic E-state index is 0.209. The number of nitrogens with two attached hydrogens (primary N) is 1. The van der Waals surface area contributed by atoms with E-state index in [1.165, 1.54) is 12.8 Å². The molecule has 2 N–H and O–H groups in total. The molecule has 0 atom stereocenters. The van der Waals surface area contributed by atoms with E-state index in [4.69, 9.17) is 5.73 Å². The molecule has 1 saturated carbocycles. The summed E-state index contributed by atoms with van der Waals surface area (Å²) >= 11 is 0. The van der Waals surface area contributed by atoms with E-state index in [2.05, 4.69) is 18.7 Å². The highest BCUT2D eigenvalue weighted by Crippen LogP contribution is 2.28. The Morgan fingerprint density at radius 2 is 1.70 bits per heavy atom. The first-order valence-corrected chi connectivity index (χ1v) is 8.32. The fraction of sp³-hybridized carbons (Fsp3) is 0.938. The Hall–Kier alpha value is -0.610. The van der Waals surface area contributed by atoms with Crippen LogP contribution in [-0.2, 0) is 4.79 Å². The van der Waals surface area contributed by atoms with Crippen LogP contribution in [0.15, 0.2) is 0 Å². The molecule has 2 rings (SSSR count). The van der Waals surface area contributed by atoms with Crippen LogP contribution in [0.3, 0.4) is 0 Å². The molecule has 0 aromatic heterocycles. The standard InChI is InChI=1S/C16H31N3O/c1-14(2)6-9-18-10-12-19(13-11-18)15(20)16(17)7-4-3-5-8-16/h14H,3-13,17H2,1-2H3. The van der Waals surface area contributed by atoms with E-state index in [0.717, 1.165) is 64.3 Å². The number of nitrogens with zero attached hydrogens (tertiary/aromatic N) is 2. The Labute approximate surface area is 123 Å². The normalized spacial score (nSPS) is 24.1. The largest absolute Gasteiger partial charge is 0.339 e. The minimum atomic E-state index is -0.557. The van der Waals surface area contributed by atoms with Gasteiger partial charge in [-0.25, -0.2) is 0 Å². The number of hydrogen-bond acceptors (Lipinski definition) is 3. The van der Waals surface area contributed by atoms with Gasteiger partial charge in [0.15, 0.2) is 0 Å². The smallest absolute Gasteiger partial charge is 0.242 e. The molecule has 1 aliphatic carbocycles. The predicted molar refractivity (Wildman–Crippen MR) is 82.5 cm³/mol. The van der Waals surface area contributed by atoms with Gasteiger partial charge in [0.25, 0.3) is 0 Å². The summed E-state index contributed by atoms with van der Waals surface area (Å²) < 4.78 is 0. The summed E-state index contributed by atoms with van der Waals surface area (Å²) in [6.45, 7) is 9.42. The molecule has 4 nitrogen and oxygen atoms in total. The molecular weight excluding hydrogens is 250 g/mol. The zero-order valence-electron chi connectivity index (χ0n) is 13.2. The van der Waals surface area contributed by atoms with Crippen molar-refractivity contribution >= 4 is 5.91 Å². The Morgan fingerprint density at radius 1 is 1.10 bits per heavy atom. The van der Waals surface area contributed by atoms with Gasteiger partial charge in [0.2, 0.25) is 5.91 Å². The highest BCUT2D eigenvalue weighted by atomic mass is 16.2. The van der Waals surface area contributed by atoms with Crippen LogP contribution in [0.25, 0.3) is 0 Å². The molecule has 0 spiro atoms. The van der Waals surface area contributed by atoms with Crippen LogP contribution in [0.1, 0.15) is 52.4 Å². The SMILES string of the molecule is CC(C)CCN1CCN(C(=O)C2(N)CCCCC2)CC1. The number of rotatable bonds is 4. The molecule has 0 unspecified atom stereocenters. The van der Waals surface area contributed by atoms with E-state index in [-0.39, 0.29) is 5.91 Å². The number of piperazine rings is 1. The van der Waals surface area contributed by atoms with Crippen LogP contribution < -0.4 is 5.73 Å². The first-order chi connectivity index (χ1) is 9.51. The van der Waals surface area contributed by atoms with Gasteiger partial charge < -0.3 is 10.6 Å². The lowest BCUT2D eigenvalue weighted by Gasteiger charge is -2.41. The van der Waals surface area contributed by atoms with Gasteiger partial charge in [-0.05, 0) is 31.7 Å². The molecule has 0 aromatic carbocycles. The van der Waals surface area contributed by atoms with Crippen molar-refractivity contribution in [3.63, 3.8) is 0 Å². The molecule has 0 aromatic rings. The second-order valence-electron chi connectivity index (χ2n) is 7.03. The lowest BCUT2D eigenvalue weighted by atomic mass is 9.81. The monoisotopic (exact) mass is 281 g/mol. The highest BCUT2D eigenvalue weighted by molar-refractivity contribution is 5.86. The van der Waals surface area contributed by atoms with Crippen molar-refractivity contribution in [1.82, 2.24) is 9.80 Å². The Morgan fingerprint density at radius 3 is 2.25 bits per heavy atom. The van der Waals surface area contributed by atoms with Crippen molar-refractivity contribution in [2.24, 2.45) is 11.7 Å². The van der Waals surface area contributed by atoms with Gasteiger partial charge in [-0.15, -0.1) is 0 Å². The summed E-state index contributed by atoms with van der Waals surface area (Å²) in [6, 6.07) is 0. The lowest BCUT2D eigenvalue weighted by Crippen LogP contribution is -2.60. The van der Waals surface area contributed by atoms with E-state index in [1.54, 1.807) is 0 Å². The van der Waals surface area contributed by atoms with E-state index in [9.17, 15) is 4.79 Å². The van der Waals surface area contributed by atoms with Crippen LogP contribution in [0, 0.1) is 5.92 Å². The number of carbonyl (C=O) groups excluding carboxylic acids is 1. The van der Waals surface area contributed by atoms with Crippen LogP contribution in [0.5, 0.6) is 0 Å². The van der Waals surface area contributed by atoms with Crippen molar-refractivity contribution < 1.29 is 4.79 Å². The summed E-state index contributed by atoms with van der Waals surface area (Å²) in [5.74, 6) is 0.963. The molecule has 2 fully saturated rings. The predicted octanol–water partition coefficient (Wildman–Crippen LogP) is 1.84. The van der Waals surface area contributed by atoms with Crippen LogP contribution in [-0.4, -0.2) is 54.0 Å². The highest BCUT2D eigenvalue weighted by Gasteiger charge is 2.39. The van der Waals surface area contributed by atoms with Gasteiger partial charge in [0.1, 0.15) is 0 Å². The average Bonchev–Trinajstić information content (AvgIpc) is 2.45. The van der Waals surface area contributed by atoms with Crippen molar-refractivity contribution in [2.75, 3.05) is 32.7 Å². The summed E-state index contributed by atoms with van der Waals surface area (Å²) in [4.78, 5) is 17.1. The first kappa shape index (κ1) is 15.8. The summed E-state index contributed by atoms with van der Waals surface area (Å²) in [5, 5.41) is 0. The van der Waals surface area contributed by atoms with Crippen molar-refractivity contribution in [1.29, 1.82) is 0 Å². The Bertz CT molecular complexity index is 316. The summed E-state index contributed by atoms with van der Waals surface area (Å²) in [7, 11) is 0. The second kappa shape index (κ2) is 6.90. The number of carbonyl (C=O) groups is 1. The number of hydrogen-bond donors (Lipinski definition) is 1. The molecular formula is C16H31N3O. The fourth-order valence-corrected chi connectivity index (χ4v) is 3.33. The maximum Gasteiger partial charge on any atom is 0.242 e. The molecule has 116 valence electrons. The third-order valence-electron chi connectivity index (χ3n) is 4.85. The molecule has 1 amide bonds. The number of amides is 1. The fourth-order valence-electron chi connectivity index (χ4n) is 3.33. The topological polar surface area (TPSA) is 49.6 Å². The van der Waals surface area contributed by atoms with E-state index < -0.39 is 5.54 Å². The molecule has 1 heterocycles. The Kier molecular flexibility index (Phi) is 5.44. The van der Waals surface area contributed by atoms with Gasteiger partial charge >= 0.3 is 0 Å². The summed E-state index contributed by atoms with van der Waals surface area (Å²) in [6.07, 6.45) is 6.44. The maximum atomic E-state index is 12.6. The molecule has 1 saturated heterocycles. The zero-order valence-corrected chi connectivity index (χ0v) is 13.2. The molecule has 2 aliphatic rings. The lowest BCUT2D eigenvalue weighted by molar-refractivity contribution is -0.140. The quantitative estimate of drug-likeness (QED) is 0.855. The second-order valence-corrected chi connectivity index (χ2v) is 7.03. The molecule has 4 heteroatoms. The molecule has 20 heavy (non-hydrogen) atoms. The van der Waals surface area contributed by atoms with Gasteiger partial charge in [-0.3, -0.25) is 9.69 Å². The Balaban J connectivity index is 1.79. The third kappa shape index (κ3) is 3.95. The summed E-state index contributed by atoms with van der Waals surface area (Å²) in [5.41, 5.74) is 5.80. The van der Waals surface area contributed by atoms with Crippen molar-refractivity contribution in [3.8, 4) is 0 Å². The van der Waals surface area contributed by atoms with Gasteiger partial charge in [0.05, 0.1) is 5.54 Å². The molecule has 0 radical (unpaired) electrons.